The van der Waals surface area contributed by atoms with Crippen molar-refractivity contribution >= 4 is 0 Å². The molecule has 3 heteroatoms. The van der Waals surface area contributed by atoms with Crippen molar-refractivity contribution in [2.75, 3.05) is 27.5 Å². The third-order valence-corrected chi connectivity index (χ3v) is 5.20. The Bertz CT molecular complexity index is 671. The standard InChI is InChI=1S/C22H29NO2/c1-23-16-8-7-10-19(23)15-14-18-9-3-4-11-20(18)21-12-5-6-13-22(21)25-17-24-2/h3-6,9,11-13,19H,7-8,10,14-17H2,1-2H3. The lowest BCUT2D eigenvalue weighted by atomic mass is 9.92. The van der Waals surface area contributed by atoms with Crippen molar-refractivity contribution in [2.24, 2.45) is 0 Å². The van der Waals surface area contributed by atoms with Crippen molar-refractivity contribution in [1.82, 2.24) is 4.90 Å². The van der Waals surface area contributed by atoms with Gasteiger partial charge in [0.05, 0.1) is 0 Å². The smallest absolute Gasteiger partial charge is 0.188 e. The molecule has 1 heterocycles. The van der Waals surface area contributed by atoms with Crippen LogP contribution in [0.3, 0.4) is 0 Å². The van der Waals surface area contributed by atoms with Crippen molar-refractivity contribution in [3.05, 3.63) is 54.1 Å². The Balaban J connectivity index is 1.79. The van der Waals surface area contributed by atoms with Crippen LogP contribution in [-0.4, -0.2) is 38.4 Å². The van der Waals surface area contributed by atoms with Crippen LogP contribution in [0.15, 0.2) is 48.5 Å². The second-order valence-corrected chi connectivity index (χ2v) is 6.87. The van der Waals surface area contributed by atoms with Gasteiger partial charge in [-0.2, -0.15) is 0 Å². The first-order valence-electron chi connectivity index (χ1n) is 9.29. The number of likely N-dealkylation sites (tertiary alicyclic amines) is 1. The third-order valence-electron chi connectivity index (χ3n) is 5.20. The van der Waals surface area contributed by atoms with Crippen molar-refractivity contribution in [1.29, 1.82) is 0 Å². The summed E-state index contributed by atoms with van der Waals surface area (Å²) in [6.07, 6.45) is 6.35. The van der Waals surface area contributed by atoms with Crippen LogP contribution in [0.5, 0.6) is 5.75 Å². The first kappa shape index (κ1) is 18.0. The number of methoxy groups -OCH3 is 1. The van der Waals surface area contributed by atoms with Gasteiger partial charge in [0.15, 0.2) is 6.79 Å². The van der Waals surface area contributed by atoms with Gasteiger partial charge in [0.1, 0.15) is 5.75 Å². The Morgan fingerprint density at radius 1 is 1.00 bits per heavy atom. The molecule has 134 valence electrons. The van der Waals surface area contributed by atoms with Crippen LogP contribution < -0.4 is 4.74 Å². The lowest BCUT2D eigenvalue weighted by Crippen LogP contribution is -2.36. The summed E-state index contributed by atoms with van der Waals surface area (Å²) in [6.45, 7) is 1.51. The summed E-state index contributed by atoms with van der Waals surface area (Å²) in [7, 11) is 3.92. The predicted molar refractivity (Wildman–Crippen MR) is 103 cm³/mol. The number of benzene rings is 2. The zero-order chi connectivity index (χ0) is 17.5. The van der Waals surface area contributed by atoms with Gasteiger partial charge in [-0.25, -0.2) is 0 Å². The number of rotatable bonds is 7. The highest BCUT2D eigenvalue weighted by Crippen LogP contribution is 2.33. The molecule has 1 atom stereocenters. The number of aryl methyl sites for hydroxylation is 1. The van der Waals surface area contributed by atoms with Crippen LogP contribution in [0.2, 0.25) is 0 Å². The molecular formula is C22H29NO2. The van der Waals surface area contributed by atoms with Gasteiger partial charge in [0.2, 0.25) is 0 Å². The van der Waals surface area contributed by atoms with Gasteiger partial charge in [-0.1, -0.05) is 48.9 Å². The van der Waals surface area contributed by atoms with E-state index in [-0.39, 0.29) is 6.79 Å². The summed E-state index contributed by atoms with van der Waals surface area (Å²) in [5, 5.41) is 0. The SMILES string of the molecule is COCOc1ccccc1-c1ccccc1CCC1CCCCN1C. The Morgan fingerprint density at radius 2 is 1.76 bits per heavy atom. The molecule has 1 unspecified atom stereocenters. The molecular weight excluding hydrogens is 310 g/mol. The maximum absolute atomic E-state index is 5.78. The fraction of sp³-hybridized carbons (Fsp3) is 0.455. The Hall–Kier alpha value is -1.84. The average Bonchev–Trinajstić information content (AvgIpc) is 2.66. The summed E-state index contributed by atoms with van der Waals surface area (Å²) in [5.41, 5.74) is 3.81. The zero-order valence-corrected chi connectivity index (χ0v) is 15.4. The van der Waals surface area contributed by atoms with Gasteiger partial charge in [0, 0.05) is 18.7 Å². The quantitative estimate of drug-likeness (QED) is 0.679. The largest absolute Gasteiger partial charge is 0.467 e. The van der Waals surface area contributed by atoms with E-state index in [0.29, 0.717) is 6.04 Å². The minimum Gasteiger partial charge on any atom is -0.467 e. The van der Waals surface area contributed by atoms with E-state index in [1.54, 1.807) is 7.11 Å². The maximum atomic E-state index is 5.78. The first-order chi connectivity index (χ1) is 12.3. The Morgan fingerprint density at radius 3 is 2.56 bits per heavy atom. The number of nitrogens with zero attached hydrogens (tertiary/aromatic N) is 1. The van der Waals surface area contributed by atoms with Crippen molar-refractivity contribution in [2.45, 2.75) is 38.1 Å². The van der Waals surface area contributed by atoms with E-state index >= 15 is 0 Å². The van der Waals surface area contributed by atoms with Crippen LogP contribution in [-0.2, 0) is 11.2 Å². The van der Waals surface area contributed by atoms with Crippen LogP contribution in [0, 0.1) is 0 Å². The molecule has 1 fully saturated rings. The molecule has 0 radical (unpaired) electrons. The topological polar surface area (TPSA) is 21.7 Å². The summed E-state index contributed by atoms with van der Waals surface area (Å²) >= 11 is 0. The zero-order valence-electron chi connectivity index (χ0n) is 15.4. The van der Waals surface area contributed by atoms with Gasteiger partial charge in [-0.3, -0.25) is 0 Å². The van der Waals surface area contributed by atoms with Crippen LogP contribution in [0.1, 0.15) is 31.2 Å². The molecule has 2 aromatic carbocycles. The lowest BCUT2D eigenvalue weighted by molar-refractivity contribution is 0.0515. The van der Waals surface area contributed by atoms with Crippen molar-refractivity contribution in [3.8, 4) is 16.9 Å². The van der Waals surface area contributed by atoms with Gasteiger partial charge in [-0.15, -0.1) is 0 Å². The van der Waals surface area contributed by atoms with Gasteiger partial charge in [-0.05, 0) is 56.5 Å². The number of ether oxygens (including phenoxy) is 2. The van der Waals surface area contributed by atoms with Crippen molar-refractivity contribution in [3.63, 3.8) is 0 Å². The Labute approximate surface area is 151 Å². The van der Waals surface area contributed by atoms with E-state index in [2.05, 4.69) is 48.3 Å². The summed E-state index contributed by atoms with van der Waals surface area (Å²) in [5.74, 6) is 0.881. The minimum absolute atomic E-state index is 0.270. The molecule has 0 aromatic heterocycles. The van der Waals surface area contributed by atoms with Crippen LogP contribution >= 0.6 is 0 Å². The van der Waals surface area contributed by atoms with Gasteiger partial charge >= 0.3 is 0 Å². The molecule has 0 saturated carbocycles. The molecule has 0 aliphatic carbocycles. The summed E-state index contributed by atoms with van der Waals surface area (Å²) in [6, 6.07) is 17.6. The van der Waals surface area contributed by atoms with E-state index in [1.165, 1.54) is 43.4 Å². The van der Waals surface area contributed by atoms with E-state index < -0.39 is 0 Å². The maximum Gasteiger partial charge on any atom is 0.188 e. The molecule has 2 aromatic rings. The monoisotopic (exact) mass is 339 g/mol. The third kappa shape index (κ3) is 4.62. The summed E-state index contributed by atoms with van der Waals surface area (Å²) < 4.78 is 10.9. The first-order valence-corrected chi connectivity index (χ1v) is 9.29. The summed E-state index contributed by atoms with van der Waals surface area (Å²) in [4.78, 5) is 2.53. The highest BCUT2D eigenvalue weighted by Gasteiger charge is 2.19. The molecule has 1 saturated heterocycles. The second kappa shape index (κ2) is 9.02. The fourth-order valence-corrected chi connectivity index (χ4v) is 3.77. The van der Waals surface area contributed by atoms with E-state index in [0.717, 1.165) is 17.7 Å². The number of hydrogen-bond acceptors (Lipinski definition) is 3. The molecule has 1 aliphatic rings. The van der Waals surface area contributed by atoms with E-state index in [1.807, 2.05) is 12.1 Å². The molecule has 0 amide bonds. The number of hydrogen-bond donors (Lipinski definition) is 0. The number of piperidine rings is 1. The molecule has 1 aliphatic heterocycles. The average molecular weight is 339 g/mol. The minimum atomic E-state index is 0.270. The van der Waals surface area contributed by atoms with E-state index in [9.17, 15) is 0 Å². The van der Waals surface area contributed by atoms with E-state index in [4.69, 9.17) is 9.47 Å². The number of para-hydroxylation sites is 1. The Kier molecular flexibility index (Phi) is 6.48. The highest BCUT2D eigenvalue weighted by molar-refractivity contribution is 5.73. The molecule has 0 N–H and O–H groups in total. The van der Waals surface area contributed by atoms with Gasteiger partial charge in [0.25, 0.3) is 0 Å². The highest BCUT2D eigenvalue weighted by atomic mass is 16.7. The normalized spacial score (nSPS) is 18.2. The second-order valence-electron chi connectivity index (χ2n) is 6.87. The lowest BCUT2D eigenvalue weighted by Gasteiger charge is -2.32. The predicted octanol–water partition coefficient (Wildman–Crippen LogP) is 4.75. The molecule has 3 nitrogen and oxygen atoms in total. The van der Waals surface area contributed by atoms with Crippen LogP contribution in [0.4, 0.5) is 0 Å². The molecule has 0 spiro atoms. The molecule has 25 heavy (non-hydrogen) atoms. The molecule has 3 rings (SSSR count). The van der Waals surface area contributed by atoms with Crippen LogP contribution in [0.25, 0.3) is 11.1 Å². The van der Waals surface area contributed by atoms with Crippen molar-refractivity contribution < 1.29 is 9.47 Å². The molecule has 0 bridgehead atoms. The fourth-order valence-electron chi connectivity index (χ4n) is 3.77. The van der Waals surface area contributed by atoms with Gasteiger partial charge < -0.3 is 14.4 Å².